The largest absolute Gasteiger partial charge is 0.380 e. The highest BCUT2D eigenvalue weighted by Crippen LogP contribution is 2.14. The van der Waals surface area contributed by atoms with Crippen LogP contribution < -0.4 is 5.32 Å². The summed E-state index contributed by atoms with van der Waals surface area (Å²) in [5.74, 6) is 0. The molecule has 0 bridgehead atoms. The van der Waals surface area contributed by atoms with Crippen molar-refractivity contribution in [3.8, 4) is 0 Å². The molecule has 1 fully saturated rings. The Morgan fingerprint density at radius 1 is 1.14 bits per heavy atom. The van der Waals surface area contributed by atoms with Gasteiger partial charge in [-0.15, -0.1) is 0 Å². The molecule has 0 radical (unpaired) electrons. The smallest absolute Gasteiger partial charge is 0.321 e. The van der Waals surface area contributed by atoms with E-state index in [1.54, 1.807) is 6.20 Å². The molecule has 1 saturated heterocycles. The third-order valence-electron chi connectivity index (χ3n) is 4.69. The minimum absolute atomic E-state index is 0.0460. The van der Waals surface area contributed by atoms with Crippen molar-refractivity contribution in [1.29, 1.82) is 0 Å². The Morgan fingerprint density at radius 3 is 2.75 bits per heavy atom. The lowest BCUT2D eigenvalue weighted by atomic mass is 10.1. The monoisotopic (exact) mass is 380 g/mol. The Hall–Kier alpha value is -2.70. The topological polar surface area (TPSA) is 57.7 Å². The number of anilines is 1. The van der Waals surface area contributed by atoms with Gasteiger partial charge in [0.05, 0.1) is 12.3 Å². The minimum atomic E-state index is -0.0460. The molecular formula is C22H28N4O2. The predicted octanol–water partition coefficient (Wildman–Crippen LogP) is 3.44. The zero-order chi connectivity index (χ0) is 19.6. The van der Waals surface area contributed by atoms with Crippen LogP contribution in [0.25, 0.3) is 12.2 Å². The van der Waals surface area contributed by atoms with E-state index in [0.717, 1.165) is 62.9 Å². The quantitative estimate of drug-likeness (QED) is 0.748. The Bertz CT molecular complexity index is 771. The van der Waals surface area contributed by atoms with Gasteiger partial charge in [-0.3, -0.25) is 9.88 Å². The fraction of sp³-hybridized carbons (Fsp3) is 0.364. The SMILES string of the molecule is CCOCCN1CCN(C(=O)Nc2cccc(/C=C/c3ccccn3)c2)CC1. The highest BCUT2D eigenvalue weighted by atomic mass is 16.5. The molecule has 1 N–H and O–H groups in total. The van der Waals surface area contributed by atoms with Crippen molar-refractivity contribution < 1.29 is 9.53 Å². The molecule has 0 aliphatic carbocycles. The number of aromatic nitrogens is 1. The average Bonchev–Trinajstić information content (AvgIpc) is 2.74. The molecule has 1 aliphatic heterocycles. The summed E-state index contributed by atoms with van der Waals surface area (Å²) in [4.78, 5) is 21.1. The van der Waals surface area contributed by atoms with E-state index in [0.29, 0.717) is 0 Å². The standard InChI is InChI=1S/C22H28N4O2/c1-2-28-17-16-25-12-14-26(15-13-25)22(27)24-21-8-5-6-19(18-21)9-10-20-7-3-4-11-23-20/h3-11,18H,2,12-17H2,1H3,(H,24,27)/b10-9+. The molecule has 6 nitrogen and oxygen atoms in total. The third kappa shape index (κ3) is 6.18. The van der Waals surface area contributed by atoms with Crippen molar-refractivity contribution >= 4 is 23.9 Å². The van der Waals surface area contributed by atoms with Crippen molar-refractivity contribution in [1.82, 2.24) is 14.8 Å². The van der Waals surface area contributed by atoms with E-state index in [4.69, 9.17) is 4.74 Å². The van der Waals surface area contributed by atoms with Crippen LogP contribution in [0.3, 0.4) is 0 Å². The van der Waals surface area contributed by atoms with Crippen LogP contribution in [0.4, 0.5) is 10.5 Å². The summed E-state index contributed by atoms with van der Waals surface area (Å²) in [6, 6.07) is 13.6. The van der Waals surface area contributed by atoms with E-state index >= 15 is 0 Å². The minimum Gasteiger partial charge on any atom is -0.380 e. The maximum atomic E-state index is 12.6. The molecule has 0 atom stereocenters. The molecular weight excluding hydrogens is 352 g/mol. The molecule has 2 amide bonds. The summed E-state index contributed by atoms with van der Waals surface area (Å²) < 4.78 is 5.40. The number of piperazine rings is 1. The highest BCUT2D eigenvalue weighted by molar-refractivity contribution is 5.90. The molecule has 0 unspecified atom stereocenters. The number of benzene rings is 1. The molecule has 2 aromatic rings. The van der Waals surface area contributed by atoms with Gasteiger partial charge in [0.25, 0.3) is 0 Å². The highest BCUT2D eigenvalue weighted by Gasteiger charge is 2.20. The Labute approximate surface area is 166 Å². The number of hydrogen-bond acceptors (Lipinski definition) is 4. The molecule has 0 spiro atoms. The maximum absolute atomic E-state index is 12.6. The van der Waals surface area contributed by atoms with E-state index in [1.807, 2.05) is 66.4 Å². The summed E-state index contributed by atoms with van der Waals surface area (Å²) in [5.41, 5.74) is 2.72. The number of rotatable bonds is 7. The Kier molecular flexibility index (Phi) is 7.58. The molecule has 3 rings (SSSR count). The molecule has 148 valence electrons. The second-order valence-electron chi connectivity index (χ2n) is 6.67. The summed E-state index contributed by atoms with van der Waals surface area (Å²) in [6.45, 7) is 7.66. The second kappa shape index (κ2) is 10.6. The van der Waals surface area contributed by atoms with Crippen molar-refractivity contribution in [3.63, 3.8) is 0 Å². The summed E-state index contributed by atoms with van der Waals surface area (Å²) >= 11 is 0. The molecule has 1 aromatic carbocycles. The Balaban J connectivity index is 1.50. The molecule has 0 saturated carbocycles. The van der Waals surface area contributed by atoms with Crippen LogP contribution in [-0.4, -0.2) is 66.8 Å². The number of carbonyl (C=O) groups excluding carboxylic acids is 1. The van der Waals surface area contributed by atoms with Crippen LogP contribution in [-0.2, 0) is 4.74 Å². The predicted molar refractivity (Wildman–Crippen MR) is 113 cm³/mol. The van der Waals surface area contributed by atoms with Gasteiger partial charge in [0.15, 0.2) is 0 Å². The summed E-state index contributed by atoms with van der Waals surface area (Å²) in [5, 5.41) is 3.01. The van der Waals surface area contributed by atoms with Gasteiger partial charge in [-0.05, 0) is 42.8 Å². The van der Waals surface area contributed by atoms with Gasteiger partial charge in [0.2, 0.25) is 0 Å². The Morgan fingerprint density at radius 2 is 2.00 bits per heavy atom. The number of nitrogens with one attached hydrogen (secondary N) is 1. The normalized spacial score (nSPS) is 15.1. The maximum Gasteiger partial charge on any atom is 0.321 e. The van der Waals surface area contributed by atoms with Crippen molar-refractivity contribution in [2.45, 2.75) is 6.92 Å². The van der Waals surface area contributed by atoms with Gasteiger partial charge >= 0.3 is 6.03 Å². The molecule has 28 heavy (non-hydrogen) atoms. The van der Waals surface area contributed by atoms with Crippen LogP contribution in [0.2, 0.25) is 0 Å². The number of urea groups is 1. The number of carbonyl (C=O) groups is 1. The summed E-state index contributed by atoms with van der Waals surface area (Å²) in [7, 11) is 0. The lowest BCUT2D eigenvalue weighted by Crippen LogP contribution is -2.50. The van der Waals surface area contributed by atoms with Crippen LogP contribution in [0.5, 0.6) is 0 Å². The van der Waals surface area contributed by atoms with Crippen LogP contribution in [0, 0.1) is 0 Å². The fourth-order valence-electron chi connectivity index (χ4n) is 3.09. The van der Waals surface area contributed by atoms with E-state index in [9.17, 15) is 4.79 Å². The van der Waals surface area contributed by atoms with Crippen molar-refractivity contribution in [2.24, 2.45) is 0 Å². The second-order valence-corrected chi connectivity index (χ2v) is 6.67. The number of nitrogens with zero attached hydrogens (tertiary/aromatic N) is 3. The zero-order valence-electron chi connectivity index (χ0n) is 16.4. The van der Waals surface area contributed by atoms with Gasteiger partial charge in [-0.25, -0.2) is 4.79 Å². The molecule has 1 aliphatic rings. The van der Waals surface area contributed by atoms with Crippen LogP contribution in [0.1, 0.15) is 18.2 Å². The zero-order valence-corrected chi connectivity index (χ0v) is 16.4. The van der Waals surface area contributed by atoms with Crippen LogP contribution >= 0.6 is 0 Å². The first-order valence-corrected chi connectivity index (χ1v) is 9.80. The van der Waals surface area contributed by atoms with Crippen LogP contribution in [0.15, 0.2) is 48.7 Å². The summed E-state index contributed by atoms with van der Waals surface area (Å²) in [6.07, 6.45) is 5.73. The average molecular weight is 380 g/mol. The van der Waals surface area contributed by atoms with Gasteiger partial charge < -0.3 is 15.0 Å². The van der Waals surface area contributed by atoms with E-state index in [2.05, 4.69) is 15.2 Å². The number of ether oxygens (including phenoxy) is 1. The first kappa shape index (κ1) is 20.0. The lowest BCUT2D eigenvalue weighted by Gasteiger charge is -2.34. The first-order chi connectivity index (χ1) is 13.7. The van der Waals surface area contributed by atoms with Gasteiger partial charge in [0.1, 0.15) is 0 Å². The number of pyridine rings is 1. The third-order valence-corrected chi connectivity index (χ3v) is 4.69. The van der Waals surface area contributed by atoms with Gasteiger partial charge in [0, 0.05) is 51.2 Å². The van der Waals surface area contributed by atoms with Crippen molar-refractivity contribution in [3.05, 3.63) is 59.9 Å². The number of amides is 2. The first-order valence-electron chi connectivity index (χ1n) is 9.80. The molecule has 2 heterocycles. The molecule has 1 aromatic heterocycles. The number of hydrogen-bond donors (Lipinski definition) is 1. The van der Waals surface area contributed by atoms with E-state index in [1.165, 1.54) is 0 Å². The van der Waals surface area contributed by atoms with Crippen molar-refractivity contribution in [2.75, 3.05) is 51.3 Å². The van der Waals surface area contributed by atoms with Gasteiger partial charge in [-0.2, -0.15) is 0 Å². The van der Waals surface area contributed by atoms with E-state index < -0.39 is 0 Å². The molecule has 6 heteroatoms. The fourth-order valence-corrected chi connectivity index (χ4v) is 3.09. The lowest BCUT2D eigenvalue weighted by molar-refractivity contribution is 0.0901. The van der Waals surface area contributed by atoms with E-state index in [-0.39, 0.29) is 6.03 Å². The van der Waals surface area contributed by atoms with Gasteiger partial charge in [-0.1, -0.05) is 24.3 Å².